The lowest BCUT2D eigenvalue weighted by atomic mass is 9.78. The minimum absolute atomic E-state index is 0.0485. The molecule has 0 heterocycles. The van der Waals surface area contributed by atoms with Gasteiger partial charge in [-0.2, -0.15) is 0 Å². The van der Waals surface area contributed by atoms with Gasteiger partial charge in [0.1, 0.15) is 0 Å². The molecule has 0 saturated heterocycles. The minimum atomic E-state index is -0.109. The number of nitrogens with zero attached hydrogens (tertiary/aromatic N) is 1. The van der Waals surface area contributed by atoms with Crippen molar-refractivity contribution in [3.8, 4) is 66.8 Å². The van der Waals surface area contributed by atoms with Crippen LogP contribution in [-0.4, -0.2) is 0 Å². The number of rotatable bonds is 7. The van der Waals surface area contributed by atoms with Crippen molar-refractivity contribution in [1.29, 1.82) is 0 Å². The zero-order valence-corrected chi connectivity index (χ0v) is 37.3. The van der Waals surface area contributed by atoms with E-state index in [0.29, 0.717) is 0 Å². The Labute approximate surface area is 383 Å². The van der Waals surface area contributed by atoms with Gasteiger partial charge in [-0.15, -0.1) is 0 Å². The third-order valence-corrected chi connectivity index (χ3v) is 14.5. The van der Waals surface area contributed by atoms with Crippen LogP contribution in [0.25, 0.3) is 77.5 Å². The predicted octanol–water partition coefficient (Wildman–Crippen LogP) is 17.6. The minimum Gasteiger partial charge on any atom is -0.311 e. The second kappa shape index (κ2) is 14.9. The molecule has 2 aliphatic rings. The maximum atomic E-state index is 2.41. The van der Waals surface area contributed by atoms with Crippen LogP contribution >= 0.6 is 0 Å². The Morgan fingerprint density at radius 2 is 0.692 bits per heavy atom. The highest BCUT2D eigenvalue weighted by Crippen LogP contribution is 2.53. The highest BCUT2D eigenvalue weighted by atomic mass is 15.1. The van der Waals surface area contributed by atoms with E-state index in [4.69, 9.17) is 0 Å². The Morgan fingerprint density at radius 1 is 0.277 bits per heavy atom. The summed E-state index contributed by atoms with van der Waals surface area (Å²) in [5.74, 6) is 0. The van der Waals surface area contributed by atoms with Gasteiger partial charge in [-0.1, -0.05) is 210 Å². The van der Waals surface area contributed by atoms with Gasteiger partial charge in [-0.05, 0) is 142 Å². The molecule has 0 radical (unpaired) electrons. The fraction of sp³-hybridized carbons (Fsp3) is 0.0938. The molecule has 0 fully saturated rings. The van der Waals surface area contributed by atoms with E-state index in [9.17, 15) is 0 Å². The Hall–Kier alpha value is -7.74. The maximum Gasteiger partial charge on any atom is 0.0462 e. The van der Waals surface area contributed by atoms with Crippen molar-refractivity contribution in [2.75, 3.05) is 4.90 Å². The van der Waals surface area contributed by atoms with Gasteiger partial charge in [-0.25, -0.2) is 0 Å². The highest BCUT2D eigenvalue weighted by Gasteiger charge is 2.38. The van der Waals surface area contributed by atoms with E-state index in [1.807, 2.05) is 0 Å². The van der Waals surface area contributed by atoms with Gasteiger partial charge in [0, 0.05) is 27.9 Å². The molecule has 0 bridgehead atoms. The van der Waals surface area contributed by atoms with Crippen LogP contribution in [0, 0.1) is 0 Å². The number of hydrogen-bond donors (Lipinski definition) is 0. The Balaban J connectivity index is 0.929. The number of hydrogen-bond acceptors (Lipinski definition) is 1. The van der Waals surface area contributed by atoms with Crippen molar-refractivity contribution in [3.63, 3.8) is 0 Å². The summed E-state index contributed by atoms with van der Waals surface area (Å²) in [5.41, 5.74) is 24.0. The summed E-state index contributed by atoms with van der Waals surface area (Å²) < 4.78 is 0. The van der Waals surface area contributed by atoms with Gasteiger partial charge >= 0.3 is 0 Å². The summed E-state index contributed by atoms with van der Waals surface area (Å²) in [7, 11) is 0. The third kappa shape index (κ3) is 6.21. The van der Waals surface area contributed by atoms with E-state index in [0.717, 1.165) is 17.1 Å². The summed E-state index contributed by atoms with van der Waals surface area (Å²) in [6.45, 7) is 9.45. The number of benzene rings is 10. The van der Waals surface area contributed by atoms with Crippen LogP contribution in [0.2, 0.25) is 0 Å². The van der Waals surface area contributed by atoms with Gasteiger partial charge in [0.15, 0.2) is 0 Å². The first-order valence-corrected chi connectivity index (χ1v) is 22.9. The molecule has 0 saturated carbocycles. The average molecular weight is 832 g/mol. The first-order chi connectivity index (χ1) is 31.8. The average Bonchev–Trinajstić information content (AvgIpc) is 3.74. The maximum absolute atomic E-state index is 2.41. The monoisotopic (exact) mass is 831 g/mol. The van der Waals surface area contributed by atoms with Crippen LogP contribution in [0.4, 0.5) is 17.1 Å². The lowest BCUT2D eigenvalue weighted by Gasteiger charge is -2.27. The van der Waals surface area contributed by atoms with E-state index >= 15 is 0 Å². The summed E-state index contributed by atoms with van der Waals surface area (Å²) in [6.07, 6.45) is 0. The predicted molar refractivity (Wildman–Crippen MR) is 276 cm³/mol. The van der Waals surface area contributed by atoms with Crippen LogP contribution in [0.15, 0.2) is 224 Å². The molecule has 0 amide bonds. The Morgan fingerprint density at radius 3 is 1.35 bits per heavy atom. The molecule has 10 aromatic carbocycles. The van der Waals surface area contributed by atoms with Crippen LogP contribution in [0.5, 0.6) is 0 Å². The van der Waals surface area contributed by atoms with Gasteiger partial charge in [-0.3, -0.25) is 0 Å². The lowest BCUT2D eigenvalue weighted by molar-refractivity contribution is 0.660. The van der Waals surface area contributed by atoms with Crippen molar-refractivity contribution in [3.05, 3.63) is 247 Å². The molecule has 1 heteroatoms. The molecule has 0 unspecified atom stereocenters. The molecule has 12 rings (SSSR count). The van der Waals surface area contributed by atoms with Crippen LogP contribution in [-0.2, 0) is 10.8 Å². The van der Waals surface area contributed by atoms with Gasteiger partial charge in [0.05, 0.1) is 0 Å². The number of fused-ring (bicyclic) bond motifs is 7. The van der Waals surface area contributed by atoms with Crippen molar-refractivity contribution < 1.29 is 0 Å². The largest absolute Gasteiger partial charge is 0.311 e. The van der Waals surface area contributed by atoms with Crippen LogP contribution in [0.1, 0.15) is 49.9 Å². The molecule has 0 spiro atoms. The lowest BCUT2D eigenvalue weighted by Crippen LogP contribution is -2.16. The summed E-state index contributed by atoms with van der Waals surface area (Å²) in [4.78, 5) is 2.39. The van der Waals surface area contributed by atoms with E-state index in [-0.39, 0.29) is 10.8 Å². The topological polar surface area (TPSA) is 3.24 Å². The second-order valence-corrected chi connectivity index (χ2v) is 18.9. The highest BCUT2D eigenvalue weighted by molar-refractivity contribution is 5.97. The Bertz CT molecular complexity index is 3450. The molecule has 0 atom stereocenters. The van der Waals surface area contributed by atoms with Crippen molar-refractivity contribution in [2.45, 2.75) is 38.5 Å². The molecular formula is C64H49N. The van der Waals surface area contributed by atoms with E-state index in [1.165, 1.54) is 99.8 Å². The SMILES string of the molecule is CC1(C)c2ccccc2-c2ccc(-c3ccc(N(c4ccc(-c5ccccc5-c5cccc6c5C(C)(C)c5ccccc5-6)cc4)c4ccc(-c5cccc6ccccc56)cc4)cc3)cc21. The van der Waals surface area contributed by atoms with Crippen molar-refractivity contribution in [2.24, 2.45) is 0 Å². The third-order valence-electron chi connectivity index (χ3n) is 14.5. The standard InChI is InChI=1S/C64H49N/c1-63(2)59-25-11-9-20-54(59)56-40-33-46(41-61(56)63)42-27-34-47(35-28-42)65(48-36-29-44(30-37-48)51-22-13-16-43-15-5-6-17-50(43)51)49-38-31-45(32-39-49)52-18-7-8-19-53(52)57-23-14-24-58-55-21-10-12-26-60(55)64(3,4)62(57)58/h5-41H,1-4H3. The first-order valence-electron chi connectivity index (χ1n) is 22.9. The van der Waals surface area contributed by atoms with Gasteiger partial charge < -0.3 is 4.90 Å². The second-order valence-electron chi connectivity index (χ2n) is 18.9. The van der Waals surface area contributed by atoms with Crippen molar-refractivity contribution >= 4 is 27.8 Å². The molecule has 65 heavy (non-hydrogen) atoms. The first kappa shape index (κ1) is 38.9. The quantitative estimate of drug-likeness (QED) is 0.155. The molecule has 0 N–H and O–H groups in total. The molecule has 310 valence electrons. The molecular weight excluding hydrogens is 783 g/mol. The van der Waals surface area contributed by atoms with Crippen LogP contribution in [0.3, 0.4) is 0 Å². The fourth-order valence-electron chi connectivity index (χ4n) is 11.2. The summed E-state index contributed by atoms with van der Waals surface area (Å²) in [5, 5.41) is 2.51. The van der Waals surface area contributed by atoms with E-state index in [1.54, 1.807) is 0 Å². The zero-order chi connectivity index (χ0) is 43.9. The Kier molecular flexibility index (Phi) is 8.94. The molecule has 1 nitrogen and oxygen atoms in total. The molecule has 2 aliphatic carbocycles. The van der Waals surface area contributed by atoms with Gasteiger partial charge in [0.2, 0.25) is 0 Å². The number of anilines is 3. The normalized spacial score (nSPS) is 13.8. The van der Waals surface area contributed by atoms with E-state index < -0.39 is 0 Å². The van der Waals surface area contributed by atoms with E-state index in [2.05, 4.69) is 257 Å². The zero-order valence-electron chi connectivity index (χ0n) is 37.3. The fourth-order valence-corrected chi connectivity index (χ4v) is 11.2. The molecule has 0 aliphatic heterocycles. The summed E-state index contributed by atoms with van der Waals surface area (Å²) in [6, 6.07) is 83.2. The molecule has 0 aromatic heterocycles. The van der Waals surface area contributed by atoms with Crippen LogP contribution < -0.4 is 4.90 Å². The summed E-state index contributed by atoms with van der Waals surface area (Å²) >= 11 is 0. The van der Waals surface area contributed by atoms with Gasteiger partial charge in [0.25, 0.3) is 0 Å². The smallest absolute Gasteiger partial charge is 0.0462 e. The van der Waals surface area contributed by atoms with Crippen molar-refractivity contribution in [1.82, 2.24) is 0 Å². The molecule has 10 aromatic rings.